The minimum atomic E-state index is -4.78. The van der Waals surface area contributed by atoms with Crippen molar-refractivity contribution in [1.82, 2.24) is 4.31 Å². The molecule has 2 atom stereocenters. The zero-order chi connectivity index (χ0) is 17.7. The van der Waals surface area contributed by atoms with Crippen molar-refractivity contribution < 1.29 is 36.2 Å². The van der Waals surface area contributed by atoms with E-state index < -0.39 is 47.1 Å². The van der Waals surface area contributed by atoms with Crippen molar-refractivity contribution >= 4 is 16.0 Å². The number of carboxylic acid groups (broad SMARTS) is 1. The number of ether oxygens (including phenoxy) is 1. The summed E-state index contributed by atoms with van der Waals surface area (Å²) in [6.45, 7) is -1.18. The summed E-state index contributed by atoms with van der Waals surface area (Å²) in [5, 5.41) is 8.99. The third-order valence-electron chi connectivity index (χ3n) is 4.32. The number of hydrogen-bond acceptors (Lipinski definition) is 4. The Bertz CT molecular complexity index is 777. The molecule has 3 rings (SSSR count). The molecule has 0 radical (unpaired) electrons. The Kier molecular flexibility index (Phi) is 3.99. The summed E-state index contributed by atoms with van der Waals surface area (Å²) in [6.07, 6.45) is -4.26. The minimum Gasteiger partial charge on any atom is -0.493 e. The van der Waals surface area contributed by atoms with Crippen molar-refractivity contribution in [2.45, 2.75) is 17.5 Å². The second-order valence-electron chi connectivity index (χ2n) is 5.78. The highest BCUT2D eigenvalue weighted by Gasteiger charge is 2.55. The molecule has 1 N–H and O–H groups in total. The molecule has 0 aliphatic carbocycles. The molecule has 0 bridgehead atoms. The summed E-state index contributed by atoms with van der Waals surface area (Å²) in [6, 6.07) is 4.09. The summed E-state index contributed by atoms with van der Waals surface area (Å²) in [4.78, 5) is 10.9. The number of hydrogen-bond donors (Lipinski definition) is 1. The number of halogens is 3. The van der Waals surface area contributed by atoms with E-state index >= 15 is 0 Å². The molecule has 2 aliphatic rings. The summed E-state index contributed by atoms with van der Waals surface area (Å²) >= 11 is 0. The number of sulfonamides is 1. The highest BCUT2D eigenvalue weighted by atomic mass is 32.2. The van der Waals surface area contributed by atoms with Crippen LogP contribution in [0.1, 0.15) is 5.56 Å². The van der Waals surface area contributed by atoms with Crippen molar-refractivity contribution in [2.75, 3.05) is 19.7 Å². The van der Waals surface area contributed by atoms with Crippen LogP contribution in [0, 0.1) is 11.8 Å². The van der Waals surface area contributed by atoms with Crippen molar-refractivity contribution in [3.63, 3.8) is 0 Å². The molecular formula is C14H14F3NO5S. The lowest BCUT2D eigenvalue weighted by Crippen LogP contribution is -2.34. The highest BCUT2D eigenvalue weighted by molar-refractivity contribution is 7.89. The molecular weight excluding hydrogens is 351 g/mol. The summed E-state index contributed by atoms with van der Waals surface area (Å²) in [5.41, 5.74) is 0.664. The number of carbonyl (C=O) groups is 1. The first-order chi connectivity index (χ1) is 11.1. The Morgan fingerprint density at radius 3 is 2.58 bits per heavy atom. The standard InChI is InChI=1S/C14H14F3NO5S/c15-14(16,17)11-7-18(6-10(11)13(19)20)24(21,22)9-1-2-12-8(5-9)3-4-23-12/h1-2,5,10-11H,3-4,6-7H2,(H,19,20)/t10-,11-/m1/s1. The van der Waals surface area contributed by atoms with E-state index in [9.17, 15) is 26.4 Å². The Balaban J connectivity index is 1.92. The van der Waals surface area contributed by atoms with Crippen LogP contribution in [0.4, 0.5) is 13.2 Å². The lowest BCUT2D eigenvalue weighted by Gasteiger charge is -2.18. The quantitative estimate of drug-likeness (QED) is 0.878. The molecule has 6 nitrogen and oxygen atoms in total. The SMILES string of the molecule is O=C(O)[C@@H]1CN(S(=O)(=O)c2ccc3c(c2)CCO3)C[C@H]1C(F)(F)F. The number of rotatable bonds is 3. The smallest absolute Gasteiger partial charge is 0.393 e. The topological polar surface area (TPSA) is 83.9 Å². The van der Waals surface area contributed by atoms with Crippen molar-refractivity contribution in [2.24, 2.45) is 11.8 Å². The first kappa shape index (κ1) is 17.0. The average molecular weight is 365 g/mol. The largest absolute Gasteiger partial charge is 0.493 e. The van der Waals surface area contributed by atoms with Gasteiger partial charge >= 0.3 is 12.1 Å². The lowest BCUT2D eigenvalue weighted by molar-refractivity contribution is -0.187. The third-order valence-corrected chi connectivity index (χ3v) is 6.15. The van der Waals surface area contributed by atoms with Crippen molar-refractivity contribution in [1.29, 1.82) is 0 Å². The second-order valence-corrected chi connectivity index (χ2v) is 7.72. The molecule has 1 saturated heterocycles. The Morgan fingerprint density at radius 2 is 2.00 bits per heavy atom. The predicted octanol–water partition coefficient (Wildman–Crippen LogP) is 1.51. The van der Waals surface area contributed by atoms with Crippen LogP contribution in [-0.4, -0.2) is 49.7 Å². The van der Waals surface area contributed by atoms with Gasteiger partial charge in [0.2, 0.25) is 10.0 Å². The minimum absolute atomic E-state index is 0.154. The number of fused-ring (bicyclic) bond motifs is 1. The Hall–Kier alpha value is -1.81. The van der Waals surface area contributed by atoms with Crippen LogP contribution in [0.5, 0.6) is 5.75 Å². The van der Waals surface area contributed by atoms with Crippen molar-refractivity contribution in [3.05, 3.63) is 23.8 Å². The Labute approximate surface area is 135 Å². The summed E-state index contributed by atoms with van der Waals surface area (Å²) < 4.78 is 70.1. The molecule has 2 aliphatic heterocycles. The molecule has 0 aromatic heterocycles. The van der Waals surface area contributed by atoms with Crippen LogP contribution in [0.15, 0.2) is 23.1 Å². The van der Waals surface area contributed by atoms with Gasteiger partial charge < -0.3 is 9.84 Å². The van der Waals surface area contributed by atoms with Crippen LogP contribution in [0.2, 0.25) is 0 Å². The predicted molar refractivity (Wildman–Crippen MR) is 75.1 cm³/mol. The molecule has 2 heterocycles. The van der Waals surface area contributed by atoms with Gasteiger partial charge in [-0.3, -0.25) is 4.79 Å². The first-order valence-electron chi connectivity index (χ1n) is 7.16. The fraction of sp³-hybridized carbons (Fsp3) is 0.500. The molecule has 0 unspecified atom stereocenters. The Morgan fingerprint density at radius 1 is 1.29 bits per heavy atom. The molecule has 132 valence electrons. The van der Waals surface area contributed by atoms with E-state index in [2.05, 4.69) is 0 Å². The van der Waals surface area contributed by atoms with Gasteiger partial charge in [-0.25, -0.2) is 8.42 Å². The maximum absolute atomic E-state index is 13.0. The molecule has 1 fully saturated rings. The molecule has 24 heavy (non-hydrogen) atoms. The number of nitrogens with zero attached hydrogens (tertiary/aromatic N) is 1. The second kappa shape index (κ2) is 5.62. The number of alkyl halides is 3. The molecule has 10 heteroatoms. The highest BCUT2D eigenvalue weighted by Crippen LogP contribution is 2.40. The van der Waals surface area contributed by atoms with Gasteiger partial charge in [0, 0.05) is 19.5 Å². The maximum Gasteiger partial charge on any atom is 0.393 e. The van der Waals surface area contributed by atoms with Crippen LogP contribution in [0.3, 0.4) is 0 Å². The lowest BCUT2D eigenvalue weighted by atomic mass is 9.96. The van der Waals surface area contributed by atoms with Crippen LogP contribution in [-0.2, 0) is 21.2 Å². The van der Waals surface area contributed by atoms with Crippen LogP contribution >= 0.6 is 0 Å². The zero-order valence-corrected chi connectivity index (χ0v) is 13.1. The number of carboxylic acids is 1. The van der Waals surface area contributed by atoms with E-state index in [-0.39, 0.29) is 4.90 Å². The van der Waals surface area contributed by atoms with Crippen LogP contribution in [0.25, 0.3) is 0 Å². The van der Waals surface area contributed by atoms with Gasteiger partial charge in [-0.15, -0.1) is 0 Å². The van der Waals surface area contributed by atoms with Gasteiger partial charge in [0.05, 0.1) is 23.3 Å². The van der Waals surface area contributed by atoms with E-state index in [4.69, 9.17) is 9.84 Å². The number of benzene rings is 1. The van der Waals surface area contributed by atoms with E-state index in [1.807, 2.05) is 0 Å². The van der Waals surface area contributed by atoms with Gasteiger partial charge in [0.25, 0.3) is 0 Å². The molecule has 1 aromatic rings. The normalized spacial score (nSPS) is 24.6. The molecule has 0 amide bonds. The fourth-order valence-corrected chi connectivity index (χ4v) is 4.56. The van der Waals surface area contributed by atoms with Gasteiger partial charge in [-0.1, -0.05) is 0 Å². The van der Waals surface area contributed by atoms with Crippen LogP contribution < -0.4 is 4.74 Å². The number of aliphatic carboxylic acids is 1. The monoisotopic (exact) mass is 365 g/mol. The van der Waals surface area contributed by atoms with Gasteiger partial charge in [0.1, 0.15) is 5.75 Å². The van der Waals surface area contributed by atoms with E-state index in [1.54, 1.807) is 0 Å². The van der Waals surface area contributed by atoms with Gasteiger partial charge in [-0.2, -0.15) is 17.5 Å². The molecule has 1 aromatic carbocycles. The van der Waals surface area contributed by atoms with Gasteiger partial charge in [0.15, 0.2) is 0 Å². The first-order valence-corrected chi connectivity index (χ1v) is 8.60. The molecule has 0 saturated carbocycles. The van der Waals surface area contributed by atoms with E-state index in [0.717, 1.165) is 0 Å². The van der Waals surface area contributed by atoms with Gasteiger partial charge in [-0.05, 0) is 23.8 Å². The van der Waals surface area contributed by atoms with E-state index in [0.29, 0.717) is 28.6 Å². The average Bonchev–Trinajstić information content (AvgIpc) is 3.13. The maximum atomic E-state index is 13.0. The fourth-order valence-electron chi connectivity index (χ4n) is 3.02. The third kappa shape index (κ3) is 2.84. The molecule has 0 spiro atoms. The summed E-state index contributed by atoms with van der Waals surface area (Å²) in [7, 11) is -4.21. The zero-order valence-electron chi connectivity index (χ0n) is 12.3. The van der Waals surface area contributed by atoms with Crippen molar-refractivity contribution in [3.8, 4) is 5.75 Å². The van der Waals surface area contributed by atoms with E-state index in [1.165, 1.54) is 18.2 Å². The summed E-state index contributed by atoms with van der Waals surface area (Å²) in [5.74, 6) is -5.13.